The van der Waals surface area contributed by atoms with Gasteiger partial charge >= 0.3 is 11.9 Å². The number of rotatable bonds is 51. The van der Waals surface area contributed by atoms with Gasteiger partial charge in [-0.2, -0.15) is 0 Å². The molecule has 0 N–H and O–H groups in total. The van der Waals surface area contributed by atoms with Gasteiger partial charge in [-0.3, -0.25) is 9.59 Å². The molecule has 0 aromatic rings. The highest BCUT2D eigenvalue weighted by molar-refractivity contribution is 5.70. The summed E-state index contributed by atoms with van der Waals surface area (Å²) in [7, 11) is 0. The van der Waals surface area contributed by atoms with Crippen LogP contribution < -0.4 is 0 Å². The van der Waals surface area contributed by atoms with Crippen LogP contribution in [0.25, 0.3) is 0 Å². The number of carbonyl (C=O) groups excluding carboxylic acids is 2. The number of esters is 2. The largest absolute Gasteiger partial charge is 0.462 e. The van der Waals surface area contributed by atoms with Gasteiger partial charge < -0.3 is 14.2 Å². The number of hydrogen-bond acceptors (Lipinski definition) is 5. The minimum absolute atomic E-state index is 0.0435. The van der Waals surface area contributed by atoms with E-state index in [0.717, 1.165) is 64.2 Å². The predicted octanol–water partition coefficient (Wildman–Crippen LogP) is 19.2. The molecule has 0 amide bonds. The fraction of sp³-hybridized carbons (Fsp3) is 0.738. The Labute approximate surface area is 409 Å². The molecule has 0 bridgehead atoms. The van der Waals surface area contributed by atoms with Gasteiger partial charge in [0.25, 0.3) is 0 Å². The van der Waals surface area contributed by atoms with Crippen molar-refractivity contribution >= 4 is 11.9 Å². The van der Waals surface area contributed by atoms with Crippen molar-refractivity contribution in [2.24, 2.45) is 0 Å². The summed E-state index contributed by atoms with van der Waals surface area (Å²) in [6.45, 7) is 7.65. The maximum Gasteiger partial charge on any atom is 0.306 e. The lowest BCUT2D eigenvalue weighted by Crippen LogP contribution is -2.30. The molecular weight excluding hydrogens is 813 g/mol. The summed E-state index contributed by atoms with van der Waals surface area (Å²) < 4.78 is 17.4. The molecule has 0 aromatic heterocycles. The molecule has 0 radical (unpaired) electrons. The molecule has 0 rings (SSSR count). The molecule has 5 heteroatoms. The van der Waals surface area contributed by atoms with Crippen LogP contribution in [0, 0.1) is 0 Å². The standard InChI is InChI=1S/C61H106O5/c1-4-7-10-13-16-19-22-25-27-29-31-32-34-37-39-42-45-48-51-54-60(62)65-58-59(66-61(63)55-52-49-46-43-40-36-24-21-18-15-12-9-6-3)57-64-56-53-50-47-44-41-38-35-33-30-28-26-23-20-17-14-11-8-5-2/h7,10,16,19,25-28,31-32,37,39,45,48,59H,4-6,8-9,11-15,17-18,20-24,29-30,33-36,38,40-44,46-47,49-58H2,1-3H3/b10-7-,19-16-,27-25-,28-26-,32-31-,39-37-,48-45-. The van der Waals surface area contributed by atoms with Gasteiger partial charge in [0, 0.05) is 19.4 Å². The molecule has 1 unspecified atom stereocenters. The zero-order valence-corrected chi connectivity index (χ0v) is 43.7. The van der Waals surface area contributed by atoms with E-state index in [1.807, 2.05) is 6.08 Å². The summed E-state index contributed by atoms with van der Waals surface area (Å²) in [5, 5.41) is 0. The van der Waals surface area contributed by atoms with Crippen LogP contribution in [0.2, 0.25) is 0 Å². The highest BCUT2D eigenvalue weighted by atomic mass is 16.6. The second kappa shape index (κ2) is 56.4. The summed E-state index contributed by atoms with van der Waals surface area (Å²) in [6.07, 6.45) is 74.7. The van der Waals surface area contributed by atoms with Crippen molar-refractivity contribution in [1.82, 2.24) is 0 Å². The van der Waals surface area contributed by atoms with Crippen LogP contribution in [-0.4, -0.2) is 37.9 Å². The van der Waals surface area contributed by atoms with Crippen LogP contribution in [0.5, 0.6) is 0 Å². The van der Waals surface area contributed by atoms with Crippen LogP contribution in [0.1, 0.15) is 265 Å². The zero-order valence-electron chi connectivity index (χ0n) is 43.7. The smallest absolute Gasteiger partial charge is 0.306 e. The van der Waals surface area contributed by atoms with Crippen molar-refractivity contribution in [3.63, 3.8) is 0 Å². The first-order chi connectivity index (χ1) is 32.6. The van der Waals surface area contributed by atoms with Crippen LogP contribution in [0.4, 0.5) is 0 Å². The molecule has 0 aliphatic heterocycles. The Balaban J connectivity index is 4.36. The molecule has 1 atom stereocenters. The van der Waals surface area contributed by atoms with Gasteiger partial charge in [0.15, 0.2) is 6.10 Å². The Hall–Kier alpha value is -2.92. The number of carbonyl (C=O) groups is 2. The van der Waals surface area contributed by atoms with E-state index in [1.165, 1.54) is 161 Å². The number of unbranched alkanes of at least 4 members (excludes halogenated alkanes) is 26. The SMILES string of the molecule is CC/C=C\C/C=C\C/C=C\C/C=C\C/C=C\C/C=C\CCC(=O)OCC(COCCCCCCCCCC/C=C\CCCCCCCC)OC(=O)CCCCCCCCCCCCCCC. The van der Waals surface area contributed by atoms with Gasteiger partial charge in [0.05, 0.1) is 6.61 Å². The first-order valence-electron chi connectivity index (χ1n) is 28.1. The van der Waals surface area contributed by atoms with Gasteiger partial charge in [-0.05, 0) is 83.5 Å². The van der Waals surface area contributed by atoms with E-state index >= 15 is 0 Å². The van der Waals surface area contributed by atoms with E-state index in [4.69, 9.17) is 14.2 Å². The quantitative estimate of drug-likeness (QED) is 0.0346. The molecular formula is C61H106O5. The molecule has 0 aliphatic rings. The average molecular weight is 920 g/mol. The maximum absolute atomic E-state index is 12.8. The molecule has 0 saturated carbocycles. The van der Waals surface area contributed by atoms with Gasteiger partial charge in [-0.15, -0.1) is 0 Å². The minimum atomic E-state index is -0.570. The third-order valence-corrected chi connectivity index (χ3v) is 11.9. The normalized spacial score (nSPS) is 12.8. The van der Waals surface area contributed by atoms with E-state index in [-0.39, 0.29) is 25.2 Å². The van der Waals surface area contributed by atoms with E-state index in [0.29, 0.717) is 25.9 Å². The van der Waals surface area contributed by atoms with E-state index in [9.17, 15) is 9.59 Å². The molecule has 0 saturated heterocycles. The lowest BCUT2D eigenvalue weighted by molar-refractivity contribution is -0.162. The molecule has 380 valence electrons. The van der Waals surface area contributed by atoms with Gasteiger partial charge in [0.1, 0.15) is 6.61 Å². The van der Waals surface area contributed by atoms with Gasteiger partial charge in [-0.1, -0.05) is 254 Å². The minimum Gasteiger partial charge on any atom is -0.462 e. The molecule has 0 aromatic carbocycles. The van der Waals surface area contributed by atoms with Crippen molar-refractivity contribution in [2.45, 2.75) is 271 Å². The fourth-order valence-corrected chi connectivity index (χ4v) is 7.77. The lowest BCUT2D eigenvalue weighted by atomic mass is 10.0. The molecule has 0 heterocycles. The Morgan fingerprint density at radius 1 is 0.348 bits per heavy atom. The zero-order chi connectivity index (χ0) is 47.7. The van der Waals surface area contributed by atoms with Crippen molar-refractivity contribution in [3.05, 3.63) is 85.1 Å². The van der Waals surface area contributed by atoms with Crippen LogP contribution in [-0.2, 0) is 23.8 Å². The molecule has 0 spiro atoms. The topological polar surface area (TPSA) is 61.8 Å². The Morgan fingerprint density at radius 2 is 0.712 bits per heavy atom. The van der Waals surface area contributed by atoms with Crippen molar-refractivity contribution in [1.29, 1.82) is 0 Å². The summed E-state index contributed by atoms with van der Waals surface area (Å²) in [6, 6.07) is 0. The maximum atomic E-state index is 12.8. The molecule has 5 nitrogen and oxygen atoms in total. The number of hydrogen-bond donors (Lipinski definition) is 0. The second-order valence-electron chi connectivity index (χ2n) is 18.5. The highest BCUT2D eigenvalue weighted by Crippen LogP contribution is 2.15. The van der Waals surface area contributed by atoms with E-state index < -0.39 is 6.10 Å². The third kappa shape index (κ3) is 53.7. The average Bonchev–Trinajstić information content (AvgIpc) is 3.32. The summed E-state index contributed by atoms with van der Waals surface area (Å²) in [5.74, 6) is -0.489. The van der Waals surface area contributed by atoms with Crippen LogP contribution >= 0.6 is 0 Å². The van der Waals surface area contributed by atoms with Gasteiger partial charge in [0.2, 0.25) is 0 Å². The number of ether oxygens (including phenoxy) is 3. The Bertz CT molecular complexity index is 1220. The van der Waals surface area contributed by atoms with Crippen LogP contribution in [0.3, 0.4) is 0 Å². The summed E-state index contributed by atoms with van der Waals surface area (Å²) in [5.41, 5.74) is 0. The molecule has 0 fully saturated rings. The first kappa shape index (κ1) is 63.1. The van der Waals surface area contributed by atoms with Crippen molar-refractivity contribution < 1.29 is 23.8 Å². The van der Waals surface area contributed by atoms with Gasteiger partial charge in [-0.25, -0.2) is 0 Å². The summed E-state index contributed by atoms with van der Waals surface area (Å²) in [4.78, 5) is 25.4. The first-order valence-corrected chi connectivity index (χ1v) is 28.1. The van der Waals surface area contributed by atoms with Crippen LogP contribution in [0.15, 0.2) is 85.1 Å². The fourth-order valence-electron chi connectivity index (χ4n) is 7.77. The summed E-state index contributed by atoms with van der Waals surface area (Å²) >= 11 is 0. The Kier molecular flexibility index (Phi) is 53.9. The number of allylic oxidation sites excluding steroid dienone is 14. The van der Waals surface area contributed by atoms with E-state index in [2.05, 4.69) is 99.8 Å². The lowest BCUT2D eigenvalue weighted by Gasteiger charge is -2.18. The van der Waals surface area contributed by atoms with E-state index in [1.54, 1.807) is 0 Å². The molecule has 66 heavy (non-hydrogen) atoms. The third-order valence-electron chi connectivity index (χ3n) is 11.9. The highest BCUT2D eigenvalue weighted by Gasteiger charge is 2.17. The second-order valence-corrected chi connectivity index (χ2v) is 18.5. The Morgan fingerprint density at radius 3 is 1.15 bits per heavy atom. The molecule has 0 aliphatic carbocycles. The monoisotopic (exact) mass is 919 g/mol. The van der Waals surface area contributed by atoms with Crippen molar-refractivity contribution in [2.75, 3.05) is 19.8 Å². The predicted molar refractivity (Wildman–Crippen MR) is 288 cm³/mol. The van der Waals surface area contributed by atoms with Crippen molar-refractivity contribution in [3.8, 4) is 0 Å².